The Kier molecular flexibility index (Phi) is 3.56. The Morgan fingerprint density at radius 2 is 1.61 bits per heavy atom. The summed E-state index contributed by atoms with van der Waals surface area (Å²) in [6.07, 6.45) is 0. The molecule has 2 rings (SSSR count). The lowest BCUT2D eigenvalue weighted by molar-refractivity contribution is 0.866. The van der Waals surface area contributed by atoms with Gasteiger partial charge in [0.25, 0.3) is 0 Å². The second-order valence-corrected chi connectivity index (χ2v) is 4.90. The van der Waals surface area contributed by atoms with E-state index >= 15 is 0 Å². The van der Waals surface area contributed by atoms with E-state index in [0.717, 1.165) is 11.4 Å². The molecular formula is C16H20N2. The highest BCUT2D eigenvalue weighted by atomic mass is 15.1. The second-order valence-electron chi connectivity index (χ2n) is 4.90. The molecule has 94 valence electrons. The maximum Gasteiger partial charge on any atom is 0.0428 e. The van der Waals surface area contributed by atoms with E-state index < -0.39 is 0 Å². The first kappa shape index (κ1) is 12.5. The average molecular weight is 240 g/mol. The third-order valence-electron chi connectivity index (χ3n) is 3.20. The molecule has 0 saturated heterocycles. The van der Waals surface area contributed by atoms with Gasteiger partial charge in [-0.25, -0.2) is 0 Å². The number of anilines is 3. The van der Waals surface area contributed by atoms with Crippen molar-refractivity contribution >= 4 is 17.1 Å². The Morgan fingerprint density at radius 3 is 2.17 bits per heavy atom. The lowest BCUT2D eigenvalue weighted by Crippen LogP contribution is -2.09. The number of hydrogen-bond donors (Lipinski definition) is 1. The minimum atomic E-state index is 0.566. The monoisotopic (exact) mass is 240 g/mol. The van der Waals surface area contributed by atoms with E-state index in [1.807, 2.05) is 18.2 Å². The molecule has 2 N–H and O–H groups in total. The first-order chi connectivity index (χ1) is 8.58. The first-order valence-corrected chi connectivity index (χ1v) is 6.27. The van der Waals surface area contributed by atoms with Gasteiger partial charge in [-0.1, -0.05) is 32.0 Å². The number of hydrogen-bond acceptors (Lipinski definition) is 2. The highest BCUT2D eigenvalue weighted by Gasteiger charge is 2.05. The summed E-state index contributed by atoms with van der Waals surface area (Å²) in [6.45, 7) is 4.41. The molecule has 0 bridgehead atoms. The molecule has 0 saturated carbocycles. The Balaban J connectivity index is 2.26. The van der Waals surface area contributed by atoms with Crippen LogP contribution in [0.15, 0.2) is 48.5 Å². The summed E-state index contributed by atoms with van der Waals surface area (Å²) in [4.78, 5) is 2.14. The fourth-order valence-corrected chi connectivity index (χ4v) is 1.97. The molecule has 2 nitrogen and oxygen atoms in total. The van der Waals surface area contributed by atoms with Crippen molar-refractivity contribution in [1.29, 1.82) is 0 Å². The predicted molar refractivity (Wildman–Crippen MR) is 79.4 cm³/mol. The molecule has 0 fully saturated rings. The first-order valence-electron chi connectivity index (χ1n) is 6.27. The van der Waals surface area contributed by atoms with Gasteiger partial charge >= 0.3 is 0 Å². The molecule has 2 heteroatoms. The fourth-order valence-electron chi connectivity index (χ4n) is 1.97. The number of nitrogen functional groups attached to an aromatic ring is 1. The lowest BCUT2D eigenvalue weighted by Gasteiger charge is -2.20. The van der Waals surface area contributed by atoms with E-state index in [2.05, 4.69) is 56.1 Å². The van der Waals surface area contributed by atoms with Gasteiger partial charge in [0.05, 0.1) is 0 Å². The van der Waals surface area contributed by atoms with Crippen LogP contribution in [-0.2, 0) is 0 Å². The summed E-state index contributed by atoms with van der Waals surface area (Å²) in [7, 11) is 2.05. The van der Waals surface area contributed by atoms with Gasteiger partial charge in [-0.15, -0.1) is 0 Å². The van der Waals surface area contributed by atoms with Crippen LogP contribution in [0.3, 0.4) is 0 Å². The molecule has 18 heavy (non-hydrogen) atoms. The highest BCUT2D eigenvalue weighted by Crippen LogP contribution is 2.26. The molecule has 0 atom stereocenters. The molecule has 0 spiro atoms. The van der Waals surface area contributed by atoms with Gasteiger partial charge in [-0.05, 0) is 41.8 Å². The number of nitrogens with zero attached hydrogens (tertiary/aromatic N) is 1. The molecule has 0 aliphatic carbocycles. The van der Waals surface area contributed by atoms with E-state index in [0.29, 0.717) is 5.92 Å². The van der Waals surface area contributed by atoms with E-state index in [1.165, 1.54) is 11.3 Å². The molecule has 0 amide bonds. The maximum absolute atomic E-state index is 5.81. The van der Waals surface area contributed by atoms with Crippen LogP contribution >= 0.6 is 0 Å². The highest BCUT2D eigenvalue weighted by molar-refractivity contribution is 5.66. The normalized spacial score (nSPS) is 10.7. The van der Waals surface area contributed by atoms with Crippen molar-refractivity contribution in [3.63, 3.8) is 0 Å². The molecule has 0 unspecified atom stereocenters. The third kappa shape index (κ3) is 2.65. The van der Waals surface area contributed by atoms with Crippen molar-refractivity contribution in [3.05, 3.63) is 54.1 Å². The number of nitrogens with two attached hydrogens (primary N) is 1. The van der Waals surface area contributed by atoms with Crippen LogP contribution in [0.25, 0.3) is 0 Å². The van der Waals surface area contributed by atoms with Crippen LogP contribution in [0, 0.1) is 0 Å². The van der Waals surface area contributed by atoms with Crippen LogP contribution in [0.2, 0.25) is 0 Å². The summed E-state index contributed by atoms with van der Waals surface area (Å²) in [6, 6.07) is 16.6. The predicted octanol–water partition coefficient (Wildman–Crippen LogP) is 4.16. The number of rotatable bonds is 3. The Morgan fingerprint density at radius 1 is 0.944 bits per heavy atom. The zero-order chi connectivity index (χ0) is 13.1. The molecule has 0 aromatic heterocycles. The summed E-state index contributed by atoms with van der Waals surface area (Å²) < 4.78 is 0. The molecule has 0 heterocycles. The van der Waals surface area contributed by atoms with Crippen molar-refractivity contribution in [2.75, 3.05) is 17.7 Å². The van der Waals surface area contributed by atoms with Crippen LogP contribution in [-0.4, -0.2) is 7.05 Å². The summed E-state index contributed by atoms with van der Waals surface area (Å²) in [5.41, 5.74) is 10.2. The van der Waals surface area contributed by atoms with E-state index in [4.69, 9.17) is 5.73 Å². The molecule has 0 aliphatic heterocycles. The fraction of sp³-hybridized carbons (Fsp3) is 0.250. The van der Waals surface area contributed by atoms with Crippen molar-refractivity contribution in [2.45, 2.75) is 19.8 Å². The largest absolute Gasteiger partial charge is 0.399 e. The van der Waals surface area contributed by atoms with Crippen molar-refractivity contribution < 1.29 is 0 Å². The zero-order valence-electron chi connectivity index (χ0n) is 11.2. The van der Waals surface area contributed by atoms with E-state index in [1.54, 1.807) is 0 Å². The van der Waals surface area contributed by atoms with Crippen molar-refractivity contribution in [3.8, 4) is 0 Å². The minimum absolute atomic E-state index is 0.566. The van der Waals surface area contributed by atoms with Crippen LogP contribution in [0.4, 0.5) is 17.1 Å². The molecular weight excluding hydrogens is 220 g/mol. The summed E-state index contributed by atoms with van der Waals surface area (Å²) in [5, 5.41) is 0. The van der Waals surface area contributed by atoms with Crippen LogP contribution in [0.5, 0.6) is 0 Å². The Hall–Kier alpha value is -1.96. The maximum atomic E-state index is 5.81. The van der Waals surface area contributed by atoms with Gasteiger partial charge in [0.1, 0.15) is 0 Å². The minimum Gasteiger partial charge on any atom is -0.399 e. The summed E-state index contributed by atoms with van der Waals surface area (Å²) >= 11 is 0. The molecule has 2 aromatic carbocycles. The van der Waals surface area contributed by atoms with Crippen molar-refractivity contribution in [2.24, 2.45) is 0 Å². The lowest BCUT2D eigenvalue weighted by atomic mass is 10.0. The van der Waals surface area contributed by atoms with Gasteiger partial charge in [0, 0.05) is 24.1 Å². The van der Waals surface area contributed by atoms with Gasteiger partial charge < -0.3 is 10.6 Å². The zero-order valence-corrected chi connectivity index (χ0v) is 11.2. The molecule has 2 aromatic rings. The van der Waals surface area contributed by atoms with Gasteiger partial charge in [0.15, 0.2) is 0 Å². The van der Waals surface area contributed by atoms with Gasteiger partial charge in [-0.2, -0.15) is 0 Å². The SMILES string of the molecule is CC(C)c1ccc(N(C)c2cccc(N)c2)cc1. The smallest absolute Gasteiger partial charge is 0.0428 e. The summed E-state index contributed by atoms with van der Waals surface area (Å²) in [5.74, 6) is 0.566. The quantitative estimate of drug-likeness (QED) is 0.816. The van der Waals surface area contributed by atoms with Crippen LogP contribution < -0.4 is 10.6 Å². The van der Waals surface area contributed by atoms with Gasteiger partial charge in [0.2, 0.25) is 0 Å². The topological polar surface area (TPSA) is 29.3 Å². The van der Waals surface area contributed by atoms with E-state index in [9.17, 15) is 0 Å². The van der Waals surface area contributed by atoms with Crippen molar-refractivity contribution in [1.82, 2.24) is 0 Å². The third-order valence-corrected chi connectivity index (χ3v) is 3.20. The average Bonchev–Trinajstić information content (AvgIpc) is 2.38. The standard InChI is InChI=1S/C16H20N2/c1-12(2)13-7-9-15(10-8-13)18(3)16-6-4-5-14(17)11-16/h4-12H,17H2,1-3H3. The van der Waals surface area contributed by atoms with Crippen LogP contribution in [0.1, 0.15) is 25.3 Å². The molecule has 0 radical (unpaired) electrons. The van der Waals surface area contributed by atoms with Gasteiger partial charge in [-0.3, -0.25) is 0 Å². The molecule has 0 aliphatic rings. The second kappa shape index (κ2) is 5.13. The van der Waals surface area contributed by atoms with E-state index in [-0.39, 0.29) is 0 Å². The Labute approximate surface area is 109 Å². The number of benzene rings is 2. The Bertz CT molecular complexity index is 515.